The number of amides is 2. The van der Waals surface area contributed by atoms with Crippen molar-refractivity contribution < 1.29 is 4.79 Å². The number of pyridine rings is 2. The van der Waals surface area contributed by atoms with Gasteiger partial charge in [-0.05, 0) is 35.9 Å². The lowest BCUT2D eigenvalue weighted by molar-refractivity contribution is 0.194. The summed E-state index contributed by atoms with van der Waals surface area (Å²) in [6.45, 7) is 3.00. The highest BCUT2D eigenvalue weighted by Gasteiger charge is 2.22. The van der Waals surface area contributed by atoms with Crippen molar-refractivity contribution in [2.24, 2.45) is 7.05 Å². The maximum atomic E-state index is 12.7. The highest BCUT2D eigenvalue weighted by molar-refractivity contribution is 5.87. The van der Waals surface area contributed by atoms with E-state index in [0.717, 1.165) is 44.7 Å². The van der Waals surface area contributed by atoms with E-state index in [4.69, 9.17) is 11.4 Å². The smallest absolute Gasteiger partial charge is 0.317 e. The van der Waals surface area contributed by atoms with Gasteiger partial charge in [-0.3, -0.25) is 4.68 Å². The van der Waals surface area contributed by atoms with Crippen LogP contribution >= 0.6 is 0 Å². The summed E-state index contributed by atoms with van der Waals surface area (Å²) < 4.78 is 3.49. The molecular formula is C31H27N9O. The molecule has 1 aliphatic heterocycles. The average Bonchev–Trinajstić information content (AvgIpc) is 3.66. The van der Waals surface area contributed by atoms with Gasteiger partial charge < -0.3 is 15.1 Å². The molecule has 1 aromatic carbocycles. The van der Waals surface area contributed by atoms with Gasteiger partial charge in [-0.2, -0.15) is 15.5 Å². The van der Waals surface area contributed by atoms with Gasteiger partial charge in [0.05, 0.1) is 23.5 Å². The molecule has 10 nitrogen and oxygen atoms in total. The van der Waals surface area contributed by atoms with Gasteiger partial charge in [-0.1, -0.05) is 18.1 Å². The Morgan fingerprint density at radius 2 is 1.78 bits per heavy atom. The number of carbonyl (C=O) groups excluding carboxylic acids is 1. The molecule has 5 heterocycles. The summed E-state index contributed by atoms with van der Waals surface area (Å²) in [5.74, 6) is 3.44. The van der Waals surface area contributed by atoms with Crippen molar-refractivity contribution in [2.45, 2.75) is 6.54 Å². The summed E-state index contributed by atoms with van der Waals surface area (Å²) in [6, 6.07) is 15.8. The van der Waals surface area contributed by atoms with Crippen molar-refractivity contribution in [3.8, 4) is 40.7 Å². The monoisotopic (exact) mass is 541 g/mol. The fourth-order valence-electron chi connectivity index (χ4n) is 5.03. The minimum atomic E-state index is -0.0828. The van der Waals surface area contributed by atoms with E-state index >= 15 is 0 Å². The lowest BCUT2D eigenvalue weighted by Crippen LogP contribution is -2.51. The van der Waals surface area contributed by atoms with Crippen molar-refractivity contribution in [1.82, 2.24) is 34.6 Å². The zero-order valence-electron chi connectivity index (χ0n) is 22.5. The number of urea groups is 1. The Hall–Kier alpha value is -5.61. The molecule has 2 amide bonds. The Morgan fingerprint density at radius 3 is 2.44 bits per heavy atom. The summed E-state index contributed by atoms with van der Waals surface area (Å²) >= 11 is 0. The molecule has 5 aromatic rings. The fourth-order valence-corrected chi connectivity index (χ4v) is 5.03. The maximum absolute atomic E-state index is 12.7. The molecular weight excluding hydrogens is 514 g/mol. The Balaban J connectivity index is 1.14. The molecule has 0 bridgehead atoms. The van der Waals surface area contributed by atoms with Crippen molar-refractivity contribution >= 4 is 17.4 Å². The second kappa shape index (κ2) is 10.9. The Kier molecular flexibility index (Phi) is 6.80. The number of terminal acetylenes is 1. The molecule has 0 aliphatic carbocycles. The van der Waals surface area contributed by atoms with Crippen LogP contribution in [-0.2, 0) is 13.6 Å². The van der Waals surface area contributed by atoms with E-state index in [-0.39, 0.29) is 6.03 Å². The minimum Gasteiger partial charge on any atom is -0.353 e. The Labute approximate surface area is 237 Å². The highest BCUT2D eigenvalue weighted by atomic mass is 16.2. The number of hydrogen-bond acceptors (Lipinski definition) is 6. The van der Waals surface area contributed by atoms with Crippen LogP contribution in [0.15, 0.2) is 73.4 Å². The molecule has 0 spiro atoms. The van der Waals surface area contributed by atoms with Crippen LogP contribution in [0.3, 0.4) is 0 Å². The van der Waals surface area contributed by atoms with E-state index in [1.165, 1.54) is 0 Å². The van der Waals surface area contributed by atoms with Crippen LogP contribution < -0.4 is 10.2 Å². The maximum Gasteiger partial charge on any atom is 0.317 e. The first-order chi connectivity index (χ1) is 20.0. The Morgan fingerprint density at radius 1 is 0.976 bits per heavy atom. The van der Waals surface area contributed by atoms with Gasteiger partial charge >= 0.3 is 6.03 Å². The van der Waals surface area contributed by atoms with E-state index in [1.54, 1.807) is 21.6 Å². The summed E-state index contributed by atoms with van der Waals surface area (Å²) in [7, 11) is 1.88. The zero-order valence-corrected chi connectivity index (χ0v) is 22.5. The quantitative estimate of drug-likeness (QED) is 0.340. The number of nitrogens with one attached hydrogen (secondary N) is 1. The van der Waals surface area contributed by atoms with Gasteiger partial charge in [0.15, 0.2) is 0 Å². The number of nitrogens with zero attached hydrogens (tertiary/aromatic N) is 8. The van der Waals surface area contributed by atoms with E-state index in [2.05, 4.69) is 32.4 Å². The molecule has 4 aromatic heterocycles. The zero-order chi connectivity index (χ0) is 28.3. The first-order valence-corrected chi connectivity index (χ1v) is 13.2. The van der Waals surface area contributed by atoms with Gasteiger partial charge in [0.1, 0.15) is 11.9 Å². The van der Waals surface area contributed by atoms with Crippen LogP contribution in [0.1, 0.15) is 16.7 Å². The first kappa shape index (κ1) is 25.7. The normalized spacial score (nSPS) is 13.1. The van der Waals surface area contributed by atoms with Crippen molar-refractivity contribution in [3.63, 3.8) is 0 Å². The molecule has 1 N–H and O–H groups in total. The third-order valence-electron chi connectivity index (χ3n) is 7.28. The molecule has 1 fully saturated rings. The molecule has 0 atom stereocenters. The molecule has 10 heteroatoms. The molecule has 1 saturated heterocycles. The van der Waals surface area contributed by atoms with Gasteiger partial charge in [-0.25, -0.2) is 14.3 Å². The van der Waals surface area contributed by atoms with E-state index in [0.29, 0.717) is 38.3 Å². The largest absolute Gasteiger partial charge is 0.353 e. The number of rotatable bonds is 5. The lowest BCUT2D eigenvalue weighted by Gasteiger charge is -2.35. The number of carbonyl (C=O) groups is 1. The number of aryl methyl sites for hydroxylation is 1. The molecule has 41 heavy (non-hydrogen) atoms. The van der Waals surface area contributed by atoms with Crippen LogP contribution in [0.25, 0.3) is 27.8 Å². The number of fused-ring (bicyclic) bond motifs is 1. The van der Waals surface area contributed by atoms with Crippen molar-refractivity contribution in [1.29, 1.82) is 5.26 Å². The topological polar surface area (TPSA) is 107 Å². The highest BCUT2D eigenvalue weighted by Crippen LogP contribution is 2.32. The van der Waals surface area contributed by atoms with Crippen molar-refractivity contribution in [2.75, 3.05) is 31.1 Å². The van der Waals surface area contributed by atoms with E-state index < -0.39 is 0 Å². The summed E-state index contributed by atoms with van der Waals surface area (Å²) in [4.78, 5) is 21.5. The molecule has 202 valence electrons. The van der Waals surface area contributed by atoms with E-state index in [9.17, 15) is 10.1 Å². The van der Waals surface area contributed by atoms with Crippen LogP contribution in [0.2, 0.25) is 0 Å². The van der Waals surface area contributed by atoms with Crippen LogP contribution in [0.4, 0.5) is 10.6 Å². The SMILES string of the molecule is C#Cc1ccc(CNC(=O)N2CCN(c3ccc(-c4cc(-c5cnn(C)c5)cn5ncc(C#N)c45)cn3)CC2)cc1. The molecule has 1 aliphatic rings. The number of nitriles is 1. The van der Waals surface area contributed by atoms with Gasteiger partial charge in [0, 0.05) is 86.2 Å². The first-order valence-electron chi connectivity index (χ1n) is 13.2. The second-order valence-electron chi connectivity index (χ2n) is 9.89. The number of piperazine rings is 1. The minimum absolute atomic E-state index is 0.0828. The number of benzene rings is 1. The lowest BCUT2D eigenvalue weighted by atomic mass is 10.0. The molecule has 0 radical (unpaired) electrons. The molecule has 6 rings (SSSR count). The summed E-state index contributed by atoms with van der Waals surface area (Å²) in [6.07, 6.45) is 14.5. The number of hydrogen-bond donors (Lipinski definition) is 1. The van der Waals surface area contributed by atoms with Crippen LogP contribution in [-0.4, -0.2) is 61.5 Å². The number of aromatic nitrogens is 5. The average molecular weight is 542 g/mol. The van der Waals surface area contributed by atoms with Crippen LogP contribution in [0, 0.1) is 23.7 Å². The third kappa shape index (κ3) is 5.19. The summed E-state index contributed by atoms with van der Waals surface area (Å²) in [5.41, 5.74) is 6.71. The third-order valence-corrected chi connectivity index (χ3v) is 7.28. The summed E-state index contributed by atoms with van der Waals surface area (Å²) in [5, 5.41) is 21.4. The molecule has 0 unspecified atom stereocenters. The fraction of sp³-hybridized carbons (Fsp3) is 0.194. The van der Waals surface area contributed by atoms with E-state index in [1.807, 2.05) is 73.0 Å². The van der Waals surface area contributed by atoms with Gasteiger partial charge in [0.2, 0.25) is 0 Å². The predicted octanol–water partition coefficient (Wildman–Crippen LogP) is 3.68. The van der Waals surface area contributed by atoms with Crippen molar-refractivity contribution in [3.05, 3.63) is 90.1 Å². The molecule has 0 saturated carbocycles. The standard InChI is InChI=1S/C31H27N9O/c1-3-22-4-6-23(7-5-22)16-34-31(41)39-12-10-38(11-13-39)29-9-8-24(17-33-29)28-14-25(27-19-35-37(2)20-27)21-40-30(28)26(15-32)18-36-40/h1,4-9,14,17-21H,10-13,16H2,2H3,(H,34,41). The Bertz CT molecular complexity index is 1800. The van der Waals surface area contributed by atoms with Gasteiger partial charge in [0.25, 0.3) is 0 Å². The van der Waals surface area contributed by atoms with Gasteiger partial charge in [-0.15, -0.1) is 6.42 Å². The van der Waals surface area contributed by atoms with Crippen LogP contribution in [0.5, 0.6) is 0 Å². The number of anilines is 1. The predicted molar refractivity (Wildman–Crippen MR) is 156 cm³/mol. The second-order valence-corrected chi connectivity index (χ2v) is 9.89.